The lowest BCUT2D eigenvalue weighted by atomic mass is 10.0. The van der Waals surface area contributed by atoms with Crippen molar-refractivity contribution >= 4 is 11.9 Å². The standard InChI is InChI=1S/C57H109NO5/c1-3-5-7-9-11-13-15-16-17-24-27-31-35-39-43-47-51-57(62)63-52-48-44-40-36-32-28-25-22-20-18-19-21-23-26-30-34-38-42-46-50-56(61)58-54(53-59)55(60)49-45-41-37-33-29-14-12-10-8-6-4-2/h22,25,28,32,54-55,59-60H,3-21,23-24,26-27,29-31,33-53H2,1-2H3,(H,58,61)/b25-22-,32-28-. The van der Waals surface area contributed by atoms with Gasteiger partial charge in [-0.3, -0.25) is 9.59 Å². The average molecular weight is 889 g/mol. The minimum absolute atomic E-state index is 0.00994. The Labute approximate surface area is 392 Å². The lowest BCUT2D eigenvalue weighted by Crippen LogP contribution is -2.45. The van der Waals surface area contributed by atoms with Gasteiger partial charge < -0.3 is 20.3 Å². The number of unbranched alkanes of at least 4 members (excludes halogenated alkanes) is 38. The normalized spacial score (nSPS) is 12.8. The first-order valence-corrected chi connectivity index (χ1v) is 28.1. The van der Waals surface area contributed by atoms with Gasteiger partial charge in [0.15, 0.2) is 0 Å². The Morgan fingerprint density at radius 2 is 0.778 bits per heavy atom. The molecular weight excluding hydrogens is 779 g/mol. The van der Waals surface area contributed by atoms with E-state index in [2.05, 4.69) is 43.5 Å². The molecule has 372 valence electrons. The summed E-state index contributed by atoms with van der Waals surface area (Å²) in [5.41, 5.74) is 0. The number of hydrogen-bond acceptors (Lipinski definition) is 5. The van der Waals surface area contributed by atoms with Gasteiger partial charge in [0.05, 0.1) is 25.4 Å². The monoisotopic (exact) mass is 888 g/mol. The van der Waals surface area contributed by atoms with Gasteiger partial charge in [0.25, 0.3) is 0 Å². The van der Waals surface area contributed by atoms with E-state index in [0.717, 1.165) is 70.6 Å². The van der Waals surface area contributed by atoms with Crippen molar-refractivity contribution < 1.29 is 24.5 Å². The summed E-state index contributed by atoms with van der Waals surface area (Å²) in [5.74, 6) is -0.0555. The molecule has 0 fully saturated rings. The summed E-state index contributed by atoms with van der Waals surface area (Å²) in [6, 6.07) is -0.547. The van der Waals surface area contributed by atoms with Crippen LogP contribution >= 0.6 is 0 Å². The Kier molecular flexibility index (Phi) is 51.6. The highest BCUT2D eigenvalue weighted by atomic mass is 16.5. The molecule has 6 nitrogen and oxygen atoms in total. The van der Waals surface area contributed by atoms with Gasteiger partial charge >= 0.3 is 5.97 Å². The molecule has 0 aliphatic heterocycles. The van der Waals surface area contributed by atoms with E-state index >= 15 is 0 Å². The molecular formula is C57H109NO5. The fourth-order valence-corrected chi connectivity index (χ4v) is 8.69. The number of aliphatic hydroxyl groups is 2. The van der Waals surface area contributed by atoms with Crippen LogP contribution in [-0.2, 0) is 14.3 Å². The summed E-state index contributed by atoms with van der Waals surface area (Å²) in [5, 5.41) is 23.1. The second-order valence-corrected chi connectivity index (χ2v) is 19.3. The molecule has 0 rings (SSSR count). The lowest BCUT2D eigenvalue weighted by Gasteiger charge is -2.22. The summed E-state index contributed by atoms with van der Waals surface area (Å²) >= 11 is 0. The Bertz CT molecular complexity index is 982. The maximum Gasteiger partial charge on any atom is 0.305 e. The van der Waals surface area contributed by atoms with Crippen LogP contribution in [0.3, 0.4) is 0 Å². The molecule has 0 aromatic carbocycles. The van der Waals surface area contributed by atoms with Gasteiger partial charge in [0.1, 0.15) is 0 Å². The number of esters is 1. The van der Waals surface area contributed by atoms with Crippen molar-refractivity contribution in [3.8, 4) is 0 Å². The van der Waals surface area contributed by atoms with E-state index in [1.807, 2.05) is 0 Å². The van der Waals surface area contributed by atoms with Crippen LogP contribution in [0.25, 0.3) is 0 Å². The van der Waals surface area contributed by atoms with Crippen LogP contribution in [-0.4, -0.2) is 47.4 Å². The van der Waals surface area contributed by atoms with Crippen LogP contribution in [0.5, 0.6) is 0 Å². The highest BCUT2D eigenvalue weighted by Crippen LogP contribution is 2.17. The van der Waals surface area contributed by atoms with Gasteiger partial charge in [0.2, 0.25) is 5.91 Å². The van der Waals surface area contributed by atoms with E-state index in [1.165, 1.54) is 199 Å². The Morgan fingerprint density at radius 3 is 1.17 bits per heavy atom. The molecule has 0 saturated carbocycles. The third-order valence-corrected chi connectivity index (χ3v) is 13.0. The molecule has 63 heavy (non-hydrogen) atoms. The molecule has 6 heteroatoms. The first kappa shape index (κ1) is 61.3. The number of ether oxygens (including phenoxy) is 1. The topological polar surface area (TPSA) is 95.9 Å². The van der Waals surface area contributed by atoms with Crippen molar-refractivity contribution in [1.29, 1.82) is 0 Å². The van der Waals surface area contributed by atoms with Gasteiger partial charge in [-0.25, -0.2) is 0 Å². The summed E-state index contributed by atoms with van der Waals surface area (Å²) in [4.78, 5) is 24.5. The summed E-state index contributed by atoms with van der Waals surface area (Å²) in [7, 11) is 0. The zero-order valence-electron chi connectivity index (χ0n) is 42.3. The van der Waals surface area contributed by atoms with Gasteiger partial charge in [-0.1, -0.05) is 256 Å². The number of amides is 1. The largest absolute Gasteiger partial charge is 0.466 e. The molecule has 0 aliphatic carbocycles. The molecule has 0 heterocycles. The first-order chi connectivity index (χ1) is 31.0. The molecule has 2 atom stereocenters. The number of carbonyl (C=O) groups excluding carboxylic acids is 2. The Balaban J connectivity index is 3.45. The molecule has 2 unspecified atom stereocenters. The summed E-state index contributed by atoms with van der Waals surface area (Å²) in [6.45, 7) is 4.91. The van der Waals surface area contributed by atoms with E-state index < -0.39 is 12.1 Å². The van der Waals surface area contributed by atoms with Gasteiger partial charge in [-0.2, -0.15) is 0 Å². The molecule has 0 aromatic heterocycles. The van der Waals surface area contributed by atoms with Crippen LogP contribution < -0.4 is 5.32 Å². The van der Waals surface area contributed by atoms with Crippen molar-refractivity contribution in [3.05, 3.63) is 24.3 Å². The van der Waals surface area contributed by atoms with E-state index in [4.69, 9.17) is 4.74 Å². The number of rotatable bonds is 52. The molecule has 0 saturated heterocycles. The summed E-state index contributed by atoms with van der Waals surface area (Å²) in [6.07, 6.45) is 63.1. The zero-order valence-corrected chi connectivity index (χ0v) is 42.3. The molecule has 0 bridgehead atoms. The minimum Gasteiger partial charge on any atom is -0.466 e. The highest BCUT2D eigenvalue weighted by molar-refractivity contribution is 5.76. The van der Waals surface area contributed by atoms with Gasteiger partial charge in [-0.05, 0) is 57.8 Å². The molecule has 3 N–H and O–H groups in total. The highest BCUT2D eigenvalue weighted by Gasteiger charge is 2.20. The Hall–Kier alpha value is -1.66. The van der Waals surface area contributed by atoms with Gasteiger partial charge in [0, 0.05) is 12.8 Å². The molecule has 0 radical (unpaired) electrons. The summed E-state index contributed by atoms with van der Waals surface area (Å²) < 4.78 is 5.46. The van der Waals surface area contributed by atoms with Crippen molar-refractivity contribution in [2.75, 3.05) is 13.2 Å². The third kappa shape index (κ3) is 49.6. The quantitative estimate of drug-likeness (QED) is 0.0321. The van der Waals surface area contributed by atoms with E-state index in [0.29, 0.717) is 25.9 Å². The van der Waals surface area contributed by atoms with E-state index in [-0.39, 0.29) is 18.5 Å². The van der Waals surface area contributed by atoms with Crippen molar-refractivity contribution in [3.63, 3.8) is 0 Å². The van der Waals surface area contributed by atoms with Gasteiger partial charge in [-0.15, -0.1) is 0 Å². The number of hydrogen-bond donors (Lipinski definition) is 3. The van der Waals surface area contributed by atoms with Crippen molar-refractivity contribution in [2.24, 2.45) is 0 Å². The molecule has 0 aromatic rings. The Morgan fingerprint density at radius 1 is 0.444 bits per heavy atom. The maximum atomic E-state index is 12.4. The lowest BCUT2D eigenvalue weighted by molar-refractivity contribution is -0.143. The molecule has 0 spiro atoms. The second kappa shape index (κ2) is 53.0. The van der Waals surface area contributed by atoms with Crippen molar-refractivity contribution in [1.82, 2.24) is 5.32 Å². The van der Waals surface area contributed by atoms with Crippen LogP contribution in [0, 0.1) is 0 Å². The van der Waals surface area contributed by atoms with Crippen molar-refractivity contribution in [2.45, 2.75) is 315 Å². The number of allylic oxidation sites excluding steroid dienone is 4. The van der Waals surface area contributed by atoms with Crippen LogP contribution in [0.2, 0.25) is 0 Å². The second-order valence-electron chi connectivity index (χ2n) is 19.3. The maximum absolute atomic E-state index is 12.4. The van der Waals surface area contributed by atoms with E-state index in [9.17, 15) is 19.8 Å². The smallest absolute Gasteiger partial charge is 0.305 e. The average Bonchev–Trinajstić information content (AvgIpc) is 3.28. The number of carbonyl (C=O) groups is 2. The SMILES string of the molecule is CCCCCCCCCCCCCCCCCCC(=O)OCCCCC/C=C\C=C/CCCCCCCCCCCCC(=O)NC(CO)C(O)CCCCCCCCCCCCC. The predicted molar refractivity (Wildman–Crippen MR) is 273 cm³/mol. The first-order valence-electron chi connectivity index (χ1n) is 28.1. The third-order valence-electron chi connectivity index (χ3n) is 13.0. The number of nitrogens with one attached hydrogen (secondary N) is 1. The fourth-order valence-electron chi connectivity index (χ4n) is 8.69. The molecule has 0 aliphatic rings. The van der Waals surface area contributed by atoms with Crippen LogP contribution in [0.15, 0.2) is 24.3 Å². The van der Waals surface area contributed by atoms with Crippen LogP contribution in [0.1, 0.15) is 303 Å². The fraction of sp³-hybridized carbons (Fsp3) is 0.895. The predicted octanol–water partition coefficient (Wildman–Crippen LogP) is 17.1. The van der Waals surface area contributed by atoms with Crippen LogP contribution in [0.4, 0.5) is 0 Å². The molecule has 1 amide bonds. The number of aliphatic hydroxyl groups excluding tert-OH is 2. The zero-order chi connectivity index (χ0) is 45.8. The van der Waals surface area contributed by atoms with E-state index in [1.54, 1.807) is 0 Å². The minimum atomic E-state index is -0.669.